The molecule has 0 N–H and O–H groups in total. The molecule has 146 valence electrons. The molecule has 2 aliphatic rings. The third-order valence-electron chi connectivity index (χ3n) is 5.72. The summed E-state index contributed by atoms with van der Waals surface area (Å²) in [5.74, 6) is 1.44. The summed E-state index contributed by atoms with van der Waals surface area (Å²) in [6.07, 6.45) is 3.44. The molecule has 0 atom stereocenters. The maximum atomic E-state index is 11.6. The minimum absolute atomic E-state index is 0.193. The number of methoxy groups -OCH3 is 1. The van der Waals surface area contributed by atoms with E-state index in [-0.39, 0.29) is 12.0 Å². The zero-order valence-electron chi connectivity index (χ0n) is 15.7. The van der Waals surface area contributed by atoms with Crippen LogP contribution in [0.5, 0.6) is 0 Å². The smallest absolute Gasteiger partial charge is 0.409 e. The highest BCUT2D eigenvalue weighted by Crippen LogP contribution is 2.31. The van der Waals surface area contributed by atoms with Gasteiger partial charge in [-0.2, -0.15) is 4.98 Å². The SMILES string of the molecule is COC(=O)N1CCC(c2noc(-c3ccc4ccn(C5COC5)c4c3)n2)CC1. The van der Waals surface area contributed by atoms with Gasteiger partial charge in [-0.25, -0.2) is 4.79 Å². The van der Waals surface area contributed by atoms with Crippen LogP contribution in [-0.2, 0) is 9.47 Å². The van der Waals surface area contributed by atoms with Crippen molar-refractivity contribution >= 4 is 17.0 Å². The number of hydrogen-bond donors (Lipinski definition) is 0. The number of piperidine rings is 1. The van der Waals surface area contributed by atoms with Crippen molar-refractivity contribution in [1.82, 2.24) is 19.6 Å². The van der Waals surface area contributed by atoms with Crippen molar-refractivity contribution in [1.29, 1.82) is 0 Å². The van der Waals surface area contributed by atoms with Crippen LogP contribution < -0.4 is 0 Å². The maximum absolute atomic E-state index is 11.6. The zero-order chi connectivity index (χ0) is 19.1. The second kappa shape index (κ2) is 6.94. The average molecular weight is 382 g/mol. The third-order valence-corrected chi connectivity index (χ3v) is 5.72. The molecular formula is C20H22N4O4. The number of carbonyl (C=O) groups is 1. The van der Waals surface area contributed by atoms with Crippen molar-refractivity contribution in [2.24, 2.45) is 0 Å². The number of hydrogen-bond acceptors (Lipinski definition) is 6. The lowest BCUT2D eigenvalue weighted by Gasteiger charge is -2.29. The van der Waals surface area contributed by atoms with Gasteiger partial charge in [-0.15, -0.1) is 0 Å². The lowest BCUT2D eigenvalue weighted by molar-refractivity contribution is -0.0213. The Morgan fingerprint density at radius 1 is 1.21 bits per heavy atom. The second-order valence-electron chi connectivity index (χ2n) is 7.38. The summed E-state index contributed by atoms with van der Waals surface area (Å²) in [5.41, 5.74) is 2.07. The van der Waals surface area contributed by atoms with Gasteiger partial charge in [0.25, 0.3) is 5.89 Å². The Labute approximate surface area is 162 Å². The molecule has 2 aromatic heterocycles. The number of fused-ring (bicyclic) bond motifs is 1. The summed E-state index contributed by atoms with van der Waals surface area (Å²) < 4.78 is 17.9. The van der Waals surface area contributed by atoms with Crippen LogP contribution in [0.25, 0.3) is 22.4 Å². The summed E-state index contributed by atoms with van der Waals surface area (Å²) in [5, 5.41) is 5.40. The quantitative estimate of drug-likeness (QED) is 0.692. The van der Waals surface area contributed by atoms with Gasteiger partial charge in [0.1, 0.15) is 0 Å². The van der Waals surface area contributed by atoms with E-state index in [0.29, 0.717) is 30.8 Å². The molecule has 0 spiro atoms. The third kappa shape index (κ3) is 2.93. The van der Waals surface area contributed by atoms with Gasteiger partial charge < -0.3 is 23.5 Å². The van der Waals surface area contributed by atoms with Crippen LogP contribution in [-0.4, -0.2) is 59.1 Å². The van der Waals surface area contributed by atoms with Crippen molar-refractivity contribution in [3.05, 3.63) is 36.3 Å². The standard InChI is InChI=1S/C20H22N4O4/c1-26-20(25)23-7-4-14(5-8-23)18-21-19(28-22-18)15-3-2-13-6-9-24(17(13)10-15)16-11-27-12-16/h2-3,6,9-10,14,16H,4-5,7-8,11-12H2,1H3. The van der Waals surface area contributed by atoms with Gasteiger partial charge in [-0.3, -0.25) is 0 Å². The molecule has 5 rings (SSSR count). The number of ether oxygens (including phenoxy) is 2. The van der Waals surface area contributed by atoms with E-state index in [1.54, 1.807) is 4.90 Å². The number of rotatable bonds is 3. The molecule has 28 heavy (non-hydrogen) atoms. The molecule has 0 aliphatic carbocycles. The van der Waals surface area contributed by atoms with E-state index < -0.39 is 0 Å². The fraction of sp³-hybridized carbons (Fsp3) is 0.450. The van der Waals surface area contributed by atoms with Crippen LogP contribution in [0.1, 0.15) is 30.6 Å². The van der Waals surface area contributed by atoms with Crippen LogP contribution in [0, 0.1) is 0 Å². The molecule has 2 aliphatic heterocycles. The van der Waals surface area contributed by atoms with Gasteiger partial charge in [0.2, 0.25) is 0 Å². The number of aromatic nitrogens is 3. The highest BCUT2D eigenvalue weighted by molar-refractivity contribution is 5.84. The van der Waals surface area contributed by atoms with Crippen LogP contribution >= 0.6 is 0 Å². The monoisotopic (exact) mass is 382 g/mol. The first-order valence-electron chi connectivity index (χ1n) is 9.58. The molecule has 0 radical (unpaired) electrons. The van der Waals surface area contributed by atoms with Crippen LogP contribution in [0.4, 0.5) is 4.79 Å². The van der Waals surface area contributed by atoms with Crippen LogP contribution in [0.3, 0.4) is 0 Å². The minimum atomic E-state index is -0.277. The summed E-state index contributed by atoms with van der Waals surface area (Å²) in [4.78, 5) is 18.0. The number of carbonyl (C=O) groups excluding carboxylic acids is 1. The van der Waals surface area contributed by atoms with Crippen molar-refractivity contribution in [2.75, 3.05) is 33.4 Å². The molecule has 4 heterocycles. The Balaban J connectivity index is 1.35. The normalized spacial score (nSPS) is 18.4. The molecule has 0 bridgehead atoms. The van der Waals surface area contributed by atoms with Crippen molar-refractivity contribution in [2.45, 2.75) is 24.8 Å². The predicted molar refractivity (Wildman–Crippen MR) is 101 cm³/mol. The van der Waals surface area contributed by atoms with E-state index in [9.17, 15) is 4.79 Å². The molecule has 2 saturated heterocycles. The number of amides is 1. The second-order valence-corrected chi connectivity index (χ2v) is 7.38. The average Bonchev–Trinajstić information content (AvgIpc) is 3.34. The van der Waals surface area contributed by atoms with E-state index in [4.69, 9.17) is 14.0 Å². The first-order chi connectivity index (χ1) is 13.7. The topological polar surface area (TPSA) is 82.6 Å². The Bertz CT molecular complexity index is 999. The molecule has 0 unspecified atom stereocenters. The Hall–Kier alpha value is -2.87. The van der Waals surface area contributed by atoms with Crippen LogP contribution in [0.2, 0.25) is 0 Å². The summed E-state index contributed by atoms with van der Waals surface area (Å²) in [6.45, 7) is 2.79. The number of nitrogens with zero attached hydrogens (tertiary/aromatic N) is 4. The largest absolute Gasteiger partial charge is 0.453 e. The summed E-state index contributed by atoms with van der Waals surface area (Å²) >= 11 is 0. The molecule has 8 nitrogen and oxygen atoms in total. The van der Waals surface area contributed by atoms with E-state index in [2.05, 4.69) is 39.1 Å². The molecule has 3 aromatic rings. The number of benzene rings is 1. The first kappa shape index (κ1) is 17.2. The van der Waals surface area contributed by atoms with Crippen LogP contribution in [0.15, 0.2) is 35.0 Å². The van der Waals surface area contributed by atoms with Crippen molar-refractivity contribution in [3.8, 4) is 11.5 Å². The van der Waals surface area contributed by atoms with E-state index in [1.165, 1.54) is 12.5 Å². The van der Waals surface area contributed by atoms with Gasteiger partial charge in [-0.1, -0.05) is 11.2 Å². The molecule has 1 amide bonds. The Morgan fingerprint density at radius 2 is 2.04 bits per heavy atom. The number of likely N-dealkylation sites (tertiary alicyclic amines) is 1. The zero-order valence-corrected chi connectivity index (χ0v) is 15.7. The molecule has 2 fully saturated rings. The lowest BCUT2D eigenvalue weighted by Crippen LogP contribution is -2.37. The summed E-state index contributed by atoms with van der Waals surface area (Å²) in [7, 11) is 1.41. The lowest BCUT2D eigenvalue weighted by atomic mass is 9.96. The summed E-state index contributed by atoms with van der Waals surface area (Å²) in [6, 6.07) is 8.71. The highest BCUT2D eigenvalue weighted by Gasteiger charge is 2.28. The van der Waals surface area contributed by atoms with Crippen molar-refractivity contribution in [3.63, 3.8) is 0 Å². The maximum Gasteiger partial charge on any atom is 0.409 e. The van der Waals surface area contributed by atoms with Gasteiger partial charge in [0.05, 0.1) is 26.4 Å². The first-order valence-corrected chi connectivity index (χ1v) is 9.58. The fourth-order valence-electron chi connectivity index (χ4n) is 3.95. The van der Waals surface area contributed by atoms with E-state index in [1.807, 2.05) is 6.07 Å². The van der Waals surface area contributed by atoms with Gasteiger partial charge in [0.15, 0.2) is 5.82 Å². The predicted octanol–water partition coefficient (Wildman–Crippen LogP) is 3.21. The molecule has 0 saturated carbocycles. The highest BCUT2D eigenvalue weighted by atomic mass is 16.5. The Kier molecular flexibility index (Phi) is 4.27. The van der Waals surface area contributed by atoms with Gasteiger partial charge in [-0.05, 0) is 36.4 Å². The fourth-order valence-corrected chi connectivity index (χ4v) is 3.95. The van der Waals surface area contributed by atoms with Gasteiger partial charge in [0, 0.05) is 36.3 Å². The Morgan fingerprint density at radius 3 is 2.75 bits per heavy atom. The minimum Gasteiger partial charge on any atom is -0.453 e. The van der Waals surface area contributed by atoms with E-state index in [0.717, 1.165) is 37.1 Å². The van der Waals surface area contributed by atoms with Gasteiger partial charge >= 0.3 is 6.09 Å². The van der Waals surface area contributed by atoms with E-state index >= 15 is 0 Å². The van der Waals surface area contributed by atoms with Crippen molar-refractivity contribution < 1.29 is 18.8 Å². The molecular weight excluding hydrogens is 360 g/mol. The molecule has 1 aromatic carbocycles. The molecule has 8 heteroatoms.